The highest BCUT2D eigenvalue weighted by atomic mass is 16.5. The van der Waals surface area contributed by atoms with Crippen molar-refractivity contribution in [3.8, 4) is 5.75 Å². The van der Waals surface area contributed by atoms with Crippen molar-refractivity contribution in [2.75, 3.05) is 18.5 Å². The number of nitrogens with zero attached hydrogens (tertiary/aromatic N) is 1. The van der Waals surface area contributed by atoms with E-state index in [1.807, 2.05) is 13.8 Å². The summed E-state index contributed by atoms with van der Waals surface area (Å²) in [6.07, 6.45) is -0.958. The number of aliphatic hydroxyl groups excluding tert-OH is 3. The Bertz CT molecular complexity index is 1490. The van der Waals surface area contributed by atoms with E-state index < -0.39 is 24.2 Å². The first-order valence-corrected chi connectivity index (χ1v) is 11.9. The summed E-state index contributed by atoms with van der Waals surface area (Å²) in [5.41, 5.74) is 3.09. The molecule has 2 unspecified atom stereocenters. The maximum atomic E-state index is 13.6. The van der Waals surface area contributed by atoms with Crippen molar-refractivity contribution < 1.29 is 29.6 Å². The zero-order valence-corrected chi connectivity index (χ0v) is 20.4. The Balaban J connectivity index is 1.47. The summed E-state index contributed by atoms with van der Waals surface area (Å²) in [4.78, 5) is 33.9. The summed E-state index contributed by atoms with van der Waals surface area (Å²) in [6.45, 7) is 3.20. The number of H-pyrrole nitrogens is 1. The second kappa shape index (κ2) is 9.44. The van der Waals surface area contributed by atoms with Crippen LogP contribution in [0, 0.1) is 0 Å². The van der Waals surface area contributed by atoms with Crippen molar-refractivity contribution in [3.63, 3.8) is 0 Å². The number of anilines is 1. The average molecular weight is 502 g/mol. The maximum absolute atomic E-state index is 13.6. The minimum atomic E-state index is -1.31. The molecule has 0 saturated heterocycles. The molecule has 2 aromatic carbocycles. The van der Waals surface area contributed by atoms with Gasteiger partial charge in [-0.3, -0.25) is 9.59 Å². The van der Waals surface area contributed by atoms with E-state index in [1.54, 1.807) is 60.8 Å². The van der Waals surface area contributed by atoms with E-state index in [2.05, 4.69) is 15.3 Å². The number of nitrogens with one attached hydrogen (secondary N) is 2. The number of amides is 1. The molecule has 5 N–H and O–H groups in total. The fourth-order valence-electron chi connectivity index (χ4n) is 4.68. The molecule has 0 saturated carbocycles. The topological polar surface area (TPSA) is 145 Å². The number of fused-ring (bicyclic) bond motifs is 4. The molecule has 1 aliphatic carbocycles. The third-order valence-electron chi connectivity index (χ3n) is 6.78. The van der Waals surface area contributed by atoms with Gasteiger partial charge in [0.05, 0.1) is 12.2 Å². The number of hydrogen-bond donors (Lipinski definition) is 5. The fourth-order valence-corrected chi connectivity index (χ4v) is 4.68. The van der Waals surface area contributed by atoms with Gasteiger partial charge in [0.2, 0.25) is 0 Å². The number of aromatic nitrogens is 2. The molecule has 2 aromatic heterocycles. The number of aliphatic hydroxyl groups is 3. The van der Waals surface area contributed by atoms with E-state index in [1.165, 1.54) is 0 Å². The molecule has 0 radical (unpaired) electrons. The molecule has 190 valence electrons. The molecule has 9 heteroatoms. The number of rotatable bonds is 7. The number of aromatic amines is 1. The first kappa shape index (κ1) is 24.6. The molecule has 0 fully saturated rings. The Labute approximate surface area is 212 Å². The number of ketones is 1. The molecule has 9 nitrogen and oxygen atoms in total. The van der Waals surface area contributed by atoms with Crippen molar-refractivity contribution in [2.45, 2.75) is 31.5 Å². The largest absolute Gasteiger partial charge is 0.491 e. The van der Waals surface area contributed by atoms with Crippen LogP contribution < -0.4 is 10.1 Å². The molecule has 37 heavy (non-hydrogen) atoms. The molecule has 2 heterocycles. The highest BCUT2D eigenvalue weighted by Crippen LogP contribution is 2.44. The number of ether oxygens (including phenoxy) is 1. The number of hydrogen-bond acceptors (Lipinski definition) is 7. The number of carbonyl (C=O) groups excluding carboxylic acids is 2. The molecule has 4 aromatic rings. The Hall–Kier alpha value is -4.05. The van der Waals surface area contributed by atoms with Crippen molar-refractivity contribution in [2.24, 2.45) is 0 Å². The van der Waals surface area contributed by atoms with Crippen LogP contribution in [0.15, 0.2) is 60.8 Å². The van der Waals surface area contributed by atoms with E-state index in [0.717, 1.165) is 16.6 Å². The first-order chi connectivity index (χ1) is 17.7. The summed E-state index contributed by atoms with van der Waals surface area (Å²) < 4.78 is 5.63. The minimum absolute atomic E-state index is 0.136. The summed E-state index contributed by atoms with van der Waals surface area (Å²) in [7, 11) is 0. The molecular formula is C28H27N3O6. The van der Waals surface area contributed by atoms with Crippen LogP contribution in [0.1, 0.15) is 51.4 Å². The maximum Gasteiger partial charge on any atom is 0.256 e. The van der Waals surface area contributed by atoms with Crippen LogP contribution in [-0.4, -0.2) is 62.4 Å². The molecule has 5 rings (SSSR count). The predicted molar refractivity (Wildman–Crippen MR) is 137 cm³/mol. The quantitative estimate of drug-likeness (QED) is 0.262. The predicted octanol–water partition coefficient (Wildman–Crippen LogP) is 2.78. The smallest absolute Gasteiger partial charge is 0.256 e. The first-order valence-electron chi connectivity index (χ1n) is 11.9. The normalized spacial score (nSPS) is 15.5. The van der Waals surface area contributed by atoms with Crippen molar-refractivity contribution in [1.29, 1.82) is 0 Å². The van der Waals surface area contributed by atoms with E-state index in [-0.39, 0.29) is 18.3 Å². The lowest BCUT2D eigenvalue weighted by Gasteiger charge is -2.32. The van der Waals surface area contributed by atoms with E-state index in [9.17, 15) is 19.8 Å². The van der Waals surface area contributed by atoms with Gasteiger partial charge in [0, 0.05) is 39.3 Å². The molecule has 2 atom stereocenters. The Morgan fingerprint density at radius 3 is 2.65 bits per heavy atom. The van der Waals surface area contributed by atoms with Gasteiger partial charge in [-0.05, 0) is 48.0 Å². The Morgan fingerprint density at radius 2 is 1.92 bits per heavy atom. The van der Waals surface area contributed by atoms with Crippen LogP contribution in [0.3, 0.4) is 0 Å². The van der Waals surface area contributed by atoms with Gasteiger partial charge in [-0.2, -0.15) is 0 Å². The monoisotopic (exact) mass is 501 g/mol. The lowest BCUT2D eigenvalue weighted by atomic mass is 9.71. The minimum Gasteiger partial charge on any atom is -0.491 e. The lowest BCUT2D eigenvalue weighted by Crippen LogP contribution is -2.34. The average Bonchev–Trinajstić information content (AvgIpc) is 3.31. The van der Waals surface area contributed by atoms with Gasteiger partial charge in [-0.1, -0.05) is 26.0 Å². The second-order valence-corrected chi connectivity index (χ2v) is 9.59. The highest BCUT2D eigenvalue weighted by molar-refractivity contribution is 6.20. The van der Waals surface area contributed by atoms with Crippen LogP contribution in [0.4, 0.5) is 5.82 Å². The van der Waals surface area contributed by atoms with Crippen molar-refractivity contribution in [1.82, 2.24) is 9.97 Å². The number of pyridine rings is 1. The zero-order valence-electron chi connectivity index (χ0n) is 20.4. The van der Waals surface area contributed by atoms with E-state index in [0.29, 0.717) is 33.8 Å². The van der Waals surface area contributed by atoms with E-state index >= 15 is 0 Å². The van der Waals surface area contributed by atoms with Gasteiger partial charge in [-0.25, -0.2) is 4.98 Å². The summed E-state index contributed by atoms with van der Waals surface area (Å²) in [5, 5.41) is 31.9. The third kappa shape index (κ3) is 4.37. The Kier molecular flexibility index (Phi) is 6.28. The summed E-state index contributed by atoms with van der Waals surface area (Å²) in [5.74, 6) is 0.430. The zero-order chi connectivity index (χ0) is 26.3. The van der Waals surface area contributed by atoms with Gasteiger partial charge in [0.15, 0.2) is 5.78 Å². The number of carbonyl (C=O) groups is 2. The lowest BCUT2D eigenvalue weighted by molar-refractivity contribution is -0.0339. The van der Waals surface area contributed by atoms with Gasteiger partial charge in [-0.15, -0.1) is 0 Å². The van der Waals surface area contributed by atoms with E-state index in [4.69, 9.17) is 9.84 Å². The highest BCUT2D eigenvalue weighted by Gasteiger charge is 2.40. The van der Waals surface area contributed by atoms with Crippen LogP contribution in [0.2, 0.25) is 0 Å². The number of benzene rings is 2. The molecular weight excluding hydrogens is 474 g/mol. The standard InChI is InChI=1S/C28H27N3O6/c1-28(2)19-12-16(37-14-22(34)21(33)13-32)7-9-17(19)25(35)24-18-8-6-15(11-20(18)30-26(24)28)27(36)31-23-5-3-4-10-29-23/h3-12,21-22,30,32-34H,13-14H2,1-2H3,(H,29,31,36). The third-order valence-corrected chi connectivity index (χ3v) is 6.78. The fraction of sp³-hybridized carbons (Fsp3) is 0.250. The molecule has 0 spiro atoms. The van der Waals surface area contributed by atoms with Gasteiger partial charge in [0.25, 0.3) is 5.91 Å². The Morgan fingerprint density at radius 1 is 1.11 bits per heavy atom. The second-order valence-electron chi connectivity index (χ2n) is 9.59. The molecule has 1 amide bonds. The molecule has 1 aliphatic rings. The van der Waals surface area contributed by atoms with Crippen LogP contribution in [-0.2, 0) is 5.41 Å². The van der Waals surface area contributed by atoms with Crippen LogP contribution in [0.25, 0.3) is 10.9 Å². The molecule has 0 aliphatic heterocycles. The van der Waals surface area contributed by atoms with Gasteiger partial charge >= 0.3 is 0 Å². The molecule has 0 bridgehead atoms. The summed E-state index contributed by atoms with van der Waals surface area (Å²) in [6, 6.07) is 15.5. The van der Waals surface area contributed by atoms with Crippen LogP contribution in [0.5, 0.6) is 5.75 Å². The summed E-state index contributed by atoms with van der Waals surface area (Å²) >= 11 is 0. The van der Waals surface area contributed by atoms with Gasteiger partial charge in [0.1, 0.15) is 30.4 Å². The van der Waals surface area contributed by atoms with Crippen molar-refractivity contribution in [3.05, 3.63) is 88.7 Å². The van der Waals surface area contributed by atoms with Crippen molar-refractivity contribution >= 4 is 28.4 Å². The SMILES string of the molecule is CC1(C)c2cc(OCC(O)C(O)CO)ccc2C(=O)c2c1[nH]c1cc(C(=O)Nc3ccccn3)ccc21. The van der Waals surface area contributed by atoms with Crippen LogP contribution >= 0.6 is 0 Å². The van der Waals surface area contributed by atoms with Gasteiger partial charge < -0.3 is 30.4 Å².